The van der Waals surface area contributed by atoms with Gasteiger partial charge in [0.25, 0.3) is 0 Å². The van der Waals surface area contributed by atoms with Crippen molar-refractivity contribution < 1.29 is 4.79 Å². The van der Waals surface area contributed by atoms with E-state index in [9.17, 15) is 4.79 Å². The molecule has 5 heteroatoms. The lowest BCUT2D eigenvalue weighted by Crippen LogP contribution is -2.61. The number of aliphatic imine (C=N–C) groups is 1. The van der Waals surface area contributed by atoms with Gasteiger partial charge in [-0.1, -0.05) is 30.3 Å². The van der Waals surface area contributed by atoms with Gasteiger partial charge >= 0.3 is 0 Å². The van der Waals surface area contributed by atoms with Gasteiger partial charge in [0, 0.05) is 42.1 Å². The molecule has 1 aromatic heterocycles. The first-order valence-corrected chi connectivity index (χ1v) is 9.35. The fourth-order valence-corrected chi connectivity index (χ4v) is 3.59. The number of Topliss-reactive ketones (excluding diaryl/α,β-unsaturated/α-hetero) is 1. The summed E-state index contributed by atoms with van der Waals surface area (Å²) in [5, 5.41) is 0. The molecule has 0 bridgehead atoms. The molecule has 0 unspecified atom stereocenters. The summed E-state index contributed by atoms with van der Waals surface area (Å²) in [5.41, 5.74) is 2.61. The van der Waals surface area contributed by atoms with Crippen LogP contribution in [-0.2, 0) is 0 Å². The maximum Gasteiger partial charge on any atom is 0.203 e. The van der Waals surface area contributed by atoms with E-state index in [4.69, 9.17) is 4.99 Å². The number of carbonyl (C=O) groups excluding carboxylic acids is 1. The maximum atomic E-state index is 12.9. The number of hydrogen-bond donors (Lipinski definition) is 0. The molecule has 4 rings (SSSR count). The Labute approximate surface area is 160 Å². The summed E-state index contributed by atoms with van der Waals surface area (Å²) in [5.74, 6) is 1.01. The minimum Gasteiger partial charge on any atom is -0.339 e. The van der Waals surface area contributed by atoms with Gasteiger partial charge in [0.15, 0.2) is 5.78 Å². The Hall–Kier alpha value is -2.95. The average molecular weight is 360 g/mol. The van der Waals surface area contributed by atoms with Gasteiger partial charge < -0.3 is 9.80 Å². The van der Waals surface area contributed by atoms with Crippen LogP contribution >= 0.6 is 0 Å². The van der Waals surface area contributed by atoms with Crippen molar-refractivity contribution in [2.45, 2.75) is 25.8 Å². The third-order valence-electron chi connectivity index (χ3n) is 5.35. The predicted molar refractivity (Wildman–Crippen MR) is 107 cm³/mol. The molecule has 2 aliphatic heterocycles. The average Bonchev–Trinajstić information content (AvgIpc) is 2.71. The third-order valence-corrected chi connectivity index (χ3v) is 5.35. The summed E-state index contributed by atoms with van der Waals surface area (Å²) in [6, 6.07) is 13.4. The molecule has 0 saturated carbocycles. The standard InChI is InChI=1S/C22H24N4O/c1-22(2)11-15-25-14-10-19(17-8-12-23-13-9-17)24-21(25)26(22)16-20(27)18-6-4-3-5-7-18/h3-10,12-13H,11,14-16H2,1-2H3. The molecular formula is C22H24N4O. The van der Waals surface area contributed by atoms with Crippen LogP contribution in [0.25, 0.3) is 5.70 Å². The molecule has 2 aromatic rings. The number of pyridine rings is 1. The second kappa shape index (κ2) is 6.99. The Kier molecular flexibility index (Phi) is 4.52. The third kappa shape index (κ3) is 3.50. The van der Waals surface area contributed by atoms with Crippen LogP contribution in [0.2, 0.25) is 0 Å². The number of fused-ring (bicyclic) bond motifs is 1. The fraction of sp³-hybridized carbons (Fsp3) is 0.318. The van der Waals surface area contributed by atoms with Crippen molar-refractivity contribution in [1.82, 2.24) is 14.8 Å². The molecule has 1 aromatic carbocycles. The predicted octanol–water partition coefficient (Wildman–Crippen LogP) is 3.46. The molecule has 1 fully saturated rings. The van der Waals surface area contributed by atoms with Crippen LogP contribution in [0.15, 0.2) is 65.9 Å². The number of benzene rings is 1. The van der Waals surface area contributed by atoms with Crippen molar-refractivity contribution in [3.8, 4) is 0 Å². The Morgan fingerprint density at radius 2 is 1.85 bits per heavy atom. The van der Waals surface area contributed by atoms with Crippen LogP contribution in [0.1, 0.15) is 36.2 Å². The molecule has 0 atom stereocenters. The van der Waals surface area contributed by atoms with Gasteiger partial charge in [0.2, 0.25) is 5.96 Å². The van der Waals surface area contributed by atoms with Gasteiger partial charge in [0.05, 0.1) is 12.2 Å². The highest BCUT2D eigenvalue weighted by molar-refractivity contribution is 6.00. The van der Waals surface area contributed by atoms with Gasteiger partial charge in [-0.05, 0) is 38.5 Å². The minimum atomic E-state index is -0.125. The van der Waals surface area contributed by atoms with Crippen molar-refractivity contribution in [3.63, 3.8) is 0 Å². The summed E-state index contributed by atoms with van der Waals surface area (Å²) >= 11 is 0. The zero-order chi connectivity index (χ0) is 18.9. The fourth-order valence-electron chi connectivity index (χ4n) is 3.59. The number of ketones is 1. The van der Waals surface area contributed by atoms with Crippen molar-refractivity contribution in [2.75, 3.05) is 19.6 Å². The molecule has 2 aliphatic rings. The lowest BCUT2D eigenvalue weighted by molar-refractivity contribution is 0.0828. The zero-order valence-electron chi connectivity index (χ0n) is 15.8. The van der Waals surface area contributed by atoms with E-state index in [1.54, 1.807) is 12.4 Å². The highest BCUT2D eigenvalue weighted by Gasteiger charge is 2.39. The van der Waals surface area contributed by atoms with Crippen molar-refractivity contribution >= 4 is 17.4 Å². The number of carbonyl (C=O) groups is 1. The Morgan fingerprint density at radius 1 is 1.11 bits per heavy atom. The largest absolute Gasteiger partial charge is 0.339 e. The van der Waals surface area contributed by atoms with E-state index in [0.29, 0.717) is 6.54 Å². The van der Waals surface area contributed by atoms with Gasteiger partial charge in [-0.25, -0.2) is 4.99 Å². The number of nitrogens with zero attached hydrogens (tertiary/aromatic N) is 4. The first kappa shape index (κ1) is 17.5. The van der Waals surface area contributed by atoms with Crippen LogP contribution in [-0.4, -0.2) is 51.7 Å². The molecule has 0 amide bonds. The number of aromatic nitrogens is 1. The molecule has 5 nitrogen and oxygen atoms in total. The SMILES string of the molecule is CC1(C)CCN2CC=C(c3ccncc3)N=C2N1CC(=O)c1ccccc1. The van der Waals surface area contributed by atoms with E-state index < -0.39 is 0 Å². The molecule has 27 heavy (non-hydrogen) atoms. The van der Waals surface area contributed by atoms with Crippen LogP contribution in [0.4, 0.5) is 0 Å². The van der Waals surface area contributed by atoms with E-state index in [-0.39, 0.29) is 11.3 Å². The first-order valence-electron chi connectivity index (χ1n) is 9.35. The van der Waals surface area contributed by atoms with E-state index in [2.05, 4.69) is 34.7 Å². The van der Waals surface area contributed by atoms with Gasteiger partial charge in [-0.2, -0.15) is 0 Å². The van der Waals surface area contributed by atoms with Crippen molar-refractivity contribution in [3.05, 3.63) is 72.1 Å². The lowest BCUT2D eigenvalue weighted by atomic mass is 9.94. The van der Waals surface area contributed by atoms with Crippen molar-refractivity contribution in [1.29, 1.82) is 0 Å². The Balaban J connectivity index is 1.66. The second-order valence-corrected chi connectivity index (χ2v) is 7.62. The van der Waals surface area contributed by atoms with Gasteiger partial charge in [-0.3, -0.25) is 9.78 Å². The molecule has 1 saturated heterocycles. The molecule has 0 N–H and O–H groups in total. The summed E-state index contributed by atoms with van der Waals surface area (Å²) in [7, 11) is 0. The topological polar surface area (TPSA) is 48.8 Å². The Morgan fingerprint density at radius 3 is 2.59 bits per heavy atom. The molecular weight excluding hydrogens is 336 g/mol. The van der Waals surface area contributed by atoms with Crippen LogP contribution in [0.3, 0.4) is 0 Å². The summed E-state index contributed by atoms with van der Waals surface area (Å²) in [4.78, 5) is 26.4. The number of guanidine groups is 1. The molecule has 0 spiro atoms. The Bertz CT molecular complexity index is 887. The van der Waals surface area contributed by atoms with Gasteiger partial charge in [0.1, 0.15) is 0 Å². The molecule has 138 valence electrons. The maximum absolute atomic E-state index is 12.9. The van der Waals surface area contributed by atoms with E-state index in [1.165, 1.54) is 0 Å². The normalized spacial score (nSPS) is 18.4. The summed E-state index contributed by atoms with van der Waals surface area (Å²) in [6.45, 7) is 6.46. The summed E-state index contributed by atoms with van der Waals surface area (Å²) in [6.07, 6.45) is 6.70. The van der Waals surface area contributed by atoms with Crippen LogP contribution < -0.4 is 0 Å². The second-order valence-electron chi connectivity index (χ2n) is 7.62. The van der Waals surface area contributed by atoms with Crippen molar-refractivity contribution in [2.24, 2.45) is 4.99 Å². The van der Waals surface area contributed by atoms with E-state index in [0.717, 1.165) is 42.3 Å². The molecule has 0 radical (unpaired) electrons. The quantitative estimate of drug-likeness (QED) is 0.784. The number of hydrogen-bond acceptors (Lipinski definition) is 5. The highest BCUT2D eigenvalue weighted by Crippen LogP contribution is 2.31. The lowest BCUT2D eigenvalue weighted by Gasteiger charge is -2.49. The summed E-state index contributed by atoms with van der Waals surface area (Å²) < 4.78 is 0. The minimum absolute atomic E-state index is 0.119. The smallest absolute Gasteiger partial charge is 0.203 e. The first-order chi connectivity index (χ1) is 13.0. The number of rotatable bonds is 4. The molecule has 3 heterocycles. The van der Waals surface area contributed by atoms with Crippen LogP contribution in [0, 0.1) is 0 Å². The monoisotopic (exact) mass is 360 g/mol. The van der Waals surface area contributed by atoms with Gasteiger partial charge in [-0.15, -0.1) is 0 Å². The van der Waals surface area contributed by atoms with Crippen LogP contribution in [0.5, 0.6) is 0 Å². The van der Waals surface area contributed by atoms with E-state index in [1.807, 2.05) is 42.5 Å². The van der Waals surface area contributed by atoms with E-state index >= 15 is 0 Å². The highest BCUT2D eigenvalue weighted by atomic mass is 16.1. The zero-order valence-corrected chi connectivity index (χ0v) is 15.8. The molecule has 0 aliphatic carbocycles.